The number of carbonyl (C=O) groups is 2. The Kier molecular flexibility index (Phi) is 4.19. The van der Waals surface area contributed by atoms with Crippen LogP contribution in [0, 0.1) is 5.92 Å². The first-order chi connectivity index (χ1) is 12.1. The van der Waals surface area contributed by atoms with E-state index in [0.29, 0.717) is 25.3 Å². The highest BCUT2D eigenvalue weighted by Gasteiger charge is 2.47. The van der Waals surface area contributed by atoms with Gasteiger partial charge in [-0.3, -0.25) is 4.79 Å². The highest BCUT2D eigenvalue weighted by Crippen LogP contribution is 2.40. The Labute approximate surface area is 146 Å². The number of rotatable bonds is 4. The molecule has 25 heavy (non-hydrogen) atoms. The zero-order chi connectivity index (χ0) is 17.4. The maximum absolute atomic E-state index is 12.9. The summed E-state index contributed by atoms with van der Waals surface area (Å²) in [7, 11) is 0. The molecule has 0 radical (unpaired) electrons. The molecule has 2 fully saturated rings. The van der Waals surface area contributed by atoms with Crippen LogP contribution < -0.4 is 0 Å². The van der Waals surface area contributed by atoms with Gasteiger partial charge in [0.15, 0.2) is 0 Å². The van der Waals surface area contributed by atoms with Gasteiger partial charge in [0.25, 0.3) is 0 Å². The van der Waals surface area contributed by atoms with Crippen LogP contribution >= 0.6 is 0 Å². The number of aromatic nitrogens is 2. The smallest absolute Gasteiger partial charge is 0.326 e. The second-order valence-electron chi connectivity index (χ2n) is 7.18. The highest BCUT2D eigenvalue weighted by molar-refractivity contribution is 5.85. The maximum Gasteiger partial charge on any atom is 0.326 e. The summed E-state index contributed by atoms with van der Waals surface area (Å²) in [5, 5.41) is 9.56. The lowest BCUT2D eigenvalue weighted by atomic mass is 9.84. The average Bonchev–Trinajstić information content (AvgIpc) is 3.21. The van der Waals surface area contributed by atoms with E-state index in [-0.39, 0.29) is 11.9 Å². The molecular formula is C19H23N3O3. The van der Waals surface area contributed by atoms with Crippen LogP contribution in [0.4, 0.5) is 0 Å². The summed E-state index contributed by atoms with van der Waals surface area (Å²) in [6.45, 7) is 0.527. The molecule has 1 saturated heterocycles. The molecule has 1 aliphatic heterocycles. The topological polar surface area (TPSA) is 75.4 Å². The lowest BCUT2D eigenvalue weighted by Gasteiger charge is -2.33. The molecule has 3 atom stereocenters. The number of nitrogens with zero attached hydrogens (tertiary/aromatic N) is 3. The minimum absolute atomic E-state index is 0.0421. The zero-order valence-corrected chi connectivity index (χ0v) is 14.2. The number of carboxylic acids is 1. The number of imidazole rings is 1. The van der Waals surface area contributed by atoms with Gasteiger partial charge in [-0.15, -0.1) is 0 Å². The van der Waals surface area contributed by atoms with Crippen LogP contribution in [0.15, 0.2) is 30.6 Å². The summed E-state index contributed by atoms with van der Waals surface area (Å²) in [6.07, 6.45) is 6.89. The first-order valence-electron chi connectivity index (χ1n) is 9.09. The van der Waals surface area contributed by atoms with Crippen molar-refractivity contribution in [3.05, 3.63) is 30.6 Å². The van der Waals surface area contributed by atoms with Crippen molar-refractivity contribution in [3.63, 3.8) is 0 Å². The largest absolute Gasteiger partial charge is 0.480 e. The summed E-state index contributed by atoms with van der Waals surface area (Å²) in [5.41, 5.74) is 1.91. The number of hydrogen-bond donors (Lipinski definition) is 1. The predicted octanol–water partition coefficient (Wildman–Crippen LogP) is 2.67. The number of likely N-dealkylation sites (tertiary alicyclic amines) is 1. The number of hydrogen-bond acceptors (Lipinski definition) is 3. The Morgan fingerprint density at radius 2 is 2.00 bits per heavy atom. The summed E-state index contributed by atoms with van der Waals surface area (Å²) >= 11 is 0. The third-order valence-electron chi connectivity index (χ3n) is 5.76. The van der Waals surface area contributed by atoms with Crippen molar-refractivity contribution in [1.82, 2.24) is 14.5 Å². The standard InChI is InChI=1S/C19H23N3O3/c23-18(9-10-21-12-20-14-6-2-4-8-16(14)21)22-15-7-3-1-5-13(15)11-17(22)19(24)25/h2,4,6,8,12-13,15,17H,1,3,5,7,9-11H2,(H,24,25). The van der Waals surface area contributed by atoms with E-state index in [1.165, 1.54) is 0 Å². The van der Waals surface area contributed by atoms with Crippen LogP contribution in [0.1, 0.15) is 38.5 Å². The van der Waals surface area contributed by atoms with E-state index < -0.39 is 12.0 Å². The van der Waals surface area contributed by atoms with Crippen molar-refractivity contribution in [3.8, 4) is 0 Å². The average molecular weight is 341 g/mol. The van der Waals surface area contributed by atoms with E-state index in [4.69, 9.17) is 0 Å². The summed E-state index contributed by atoms with van der Waals surface area (Å²) in [5.74, 6) is -0.553. The third kappa shape index (κ3) is 2.90. The number of fused-ring (bicyclic) bond motifs is 2. The minimum atomic E-state index is -0.865. The molecule has 2 aliphatic rings. The molecule has 132 valence electrons. The first kappa shape index (κ1) is 16.1. The number of carbonyl (C=O) groups excluding carboxylic acids is 1. The maximum atomic E-state index is 12.9. The van der Waals surface area contributed by atoms with Gasteiger partial charge in [-0.25, -0.2) is 9.78 Å². The van der Waals surface area contributed by atoms with Gasteiger partial charge in [0.05, 0.1) is 17.4 Å². The lowest BCUT2D eigenvalue weighted by Crippen LogP contribution is -2.46. The number of benzene rings is 1. The molecule has 1 aromatic carbocycles. The van der Waals surface area contributed by atoms with E-state index in [1.54, 1.807) is 11.2 Å². The molecule has 1 amide bonds. The molecule has 3 unspecified atom stereocenters. The van der Waals surface area contributed by atoms with Crippen LogP contribution in [0.3, 0.4) is 0 Å². The molecule has 1 aromatic heterocycles. The Balaban J connectivity index is 1.50. The van der Waals surface area contributed by atoms with Crippen LogP contribution in [-0.4, -0.2) is 43.5 Å². The second-order valence-corrected chi connectivity index (χ2v) is 7.18. The molecule has 0 spiro atoms. The van der Waals surface area contributed by atoms with Crippen LogP contribution in [0.5, 0.6) is 0 Å². The van der Waals surface area contributed by atoms with Gasteiger partial charge in [-0.1, -0.05) is 25.0 Å². The van der Waals surface area contributed by atoms with E-state index in [2.05, 4.69) is 4.98 Å². The Hall–Kier alpha value is -2.37. The van der Waals surface area contributed by atoms with Crippen molar-refractivity contribution in [2.75, 3.05) is 0 Å². The predicted molar refractivity (Wildman–Crippen MR) is 93.0 cm³/mol. The van der Waals surface area contributed by atoms with E-state index in [9.17, 15) is 14.7 Å². The van der Waals surface area contributed by atoms with E-state index in [0.717, 1.165) is 36.7 Å². The molecule has 0 bridgehead atoms. The molecule has 6 heteroatoms. The van der Waals surface area contributed by atoms with Gasteiger partial charge in [-0.05, 0) is 37.3 Å². The summed E-state index contributed by atoms with van der Waals surface area (Å²) < 4.78 is 1.97. The summed E-state index contributed by atoms with van der Waals surface area (Å²) in [4.78, 5) is 30.6. The van der Waals surface area contributed by atoms with Gasteiger partial charge in [0.2, 0.25) is 5.91 Å². The van der Waals surface area contributed by atoms with Crippen LogP contribution in [0.2, 0.25) is 0 Å². The van der Waals surface area contributed by atoms with Crippen molar-refractivity contribution < 1.29 is 14.7 Å². The Bertz CT molecular complexity index is 800. The van der Waals surface area contributed by atoms with Crippen molar-refractivity contribution in [1.29, 1.82) is 0 Å². The molecule has 4 rings (SSSR count). The van der Waals surface area contributed by atoms with E-state index >= 15 is 0 Å². The minimum Gasteiger partial charge on any atom is -0.480 e. The van der Waals surface area contributed by atoms with Gasteiger partial charge in [0.1, 0.15) is 6.04 Å². The van der Waals surface area contributed by atoms with E-state index in [1.807, 2.05) is 28.8 Å². The molecule has 1 aliphatic carbocycles. The van der Waals surface area contributed by atoms with Crippen molar-refractivity contribution in [2.45, 2.75) is 57.2 Å². The Morgan fingerprint density at radius 3 is 2.84 bits per heavy atom. The number of carboxylic acid groups (broad SMARTS) is 1. The molecule has 2 heterocycles. The van der Waals surface area contributed by atoms with Crippen LogP contribution in [-0.2, 0) is 16.1 Å². The first-order valence-corrected chi connectivity index (χ1v) is 9.09. The number of aliphatic carboxylic acids is 1. The SMILES string of the molecule is O=C(O)C1CC2CCCCC2N1C(=O)CCn1cnc2ccccc21. The van der Waals surface area contributed by atoms with Crippen molar-refractivity contribution in [2.24, 2.45) is 5.92 Å². The monoisotopic (exact) mass is 341 g/mol. The third-order valence-corrected chi connectivity index (χ3v) is 5.76. The number of para-hydroxylation sites is 2. The molecule has 2 aromatic rings. The van der Waals surface area contributed by atoms with Gasteiger partial charge < -0.3 is 14.6 Å². The zero-order valence-electron chi connectivity index (χ0n) is 14.2. The molecule has 1 saturated carbocycles. The number of aryl methyl sites for hydroxylation is 1. The summed E-state index contributed by atoms with van der Waals surface area (Å²) in [6, 6.07) is 7.29. The fraction of sp³-hybridized carbons (Fsp3) is 0.526. The highest BCUT2D eigenvalue weighted by atomic mass is 16.4. The molecule has 6 nitrogen and oxygen atoms in total. The van der Waals surface area contributed by atoms with Crippen LogP contribution in [0.25, 0.3) is 11.0 Å². The molecule has 1 N–H and O–H groups in total. The number of amides is 1. The Morgan fingerprint density at radius 1 is 1.20 bits per heavy atom. The van der Waals surface area contributed by atoms with Crippen molar-refractivity contribution >= 4 is 22.9 Å². The quantitative estimate of drug-likeness (QED) is 0.928. The lowest BCUT2D eigenvalue weighted by molar-refractivity contribution is -0.150. The fourth-order valence-electron chi connectivity index (χ4n) is 4.57. The fourth-order valence-corrected chi connectivity index (χ4v) is 4.57. The normalized spacial score (nSPS) is 25.9. The van der Waals surface area contributed by atoms with Gasteiger partial charge >= 0.3 is 5.97 Å². The van der Waals surface area contributed by atoms with Gasteiger partial charge in [-0.2, -0.15) is 0 Å². The van der Waals surface area contributed by atoms with Gasteiger partial charge in [0, 0.05) is 19.0 Å². The second kappa shape index (κ2) is 6.50. The molecular weight excluding hydrogens is 318 g/mol.